The normalized spacial score (nSPS) is 17.2. The van der Waals surface area contributed by atoms with E-state index < -0.39 is 0 Å². The van der Waals surface area contributed by atoms with Crippen LogP contribution < -0.4 is 11.1 Å². The predicted molar refractivity (Wildman–Crippen MR) is 84.4 cm³/mol. The number of thioether (sulfide) groups is 1. The van der Waals surface area contributed by atoms with Crippen molar-refractivity contribution in [1.82, 2.24) is 0 Å². The van der Waals surface area contributed by atoms with Gasteiger partial charge in [0.1, 0.15) is 5.76 Å². The molecule has 4 nitrogen and oxygen atoms in total. The lowest BCUT2D eigenvalue weighted by Crippen LogP contribution is -2.16. The topological polar surface area (TPSA) is 68.3 Å². The van der Waals surface area contributed by atoms with Crippen molar-refractivity contribution in [1.29, 1.82) is 0 Å². The van der Waals surface area contributed by atoms with Gasteiger partial charge in [-0.2, -0.15) is 0 Å². The number of primary amides is 1. The van der Waals surface area contributed by atoms with E-state index in [9.17, 15) is 4.79 Å². The van der Waals surface area contributed by atoms with Gasteiger partial charge in [0.2, 0.25) is 5.91 Å². The van der Waals surface area contributed by atoms with Gasteiger partial charge in [-0.3, -0.25) is 4.79 Å². The first-order chi connectivity index (χ1) is 10.2. The Morgan fingerprint density at radius 1 is 1.38 bits per heavy atom. The van der Waals surface area contributed by atoms with Crippen LogP contribution in [0.25, 0.3) is 0 Å². The SMILES string of the molecule is NC(=O)CSc1ccccc1NC1CCCc2occc21. The molecule has 1 aromatic carbocycles. The Morgan fingerprint density at radius 3 is 3.10 bits per heavy atom. The molecule has 1 aromatic heterocycles. The molecule has 2 aromatic rings. The average Bonchev–Trinajstić information content (AvgIpc) is 2.96. The largest absolute Gasteiger partial charge is 0.469 e. The third kappa shape index (κ3) is 3.24. The first-order valence-corrected chi connectivity index (χ1v) is 8.05. The fraction of sp³-hybridized carbons (Fsp3) is 0.312. The quantitative estimate of drug-likeness (QED) is 0.831. The molecule has 0 saturated heterocycles. The number of carbonyl (C=O) groups is 1. The van der Waals surface area contributed by atoms with Crippen molar-refractivity contribution in [3.05, 3.63) is 47.9 Å². The van der Waals surface area contributed by atoms with Crippen LogP contribution in [0.3, 0.4) is 0 Å². The molecule has 1 atom stereocenters. The van der Waals surface area contributed by atoms with Crippen molar-refractivity contribution in [3.63, 3.8) is 0 Å². The average molecular weight is 302 g/mol. The Labute approximate surface area is 128 Å². The molecule has 3 rings (SSSR count). The monoisotopic (exact) mass is 302 g/mol. The number of nitrogens with one attached hydrogen (secondary N) is 1. The van der Waals surface area contributed by atoms with Gasteiger partial charge in [0, 0.05) is 22.6 Å². The molecule has 21 heavy (non-hydrogen) atoms. The number of para-hydroxylation sites is 1. The smallest absolute Gasteiger partial charge is 0.227 e. The number of benzene rings is 1. The minimum Gasteiger partial charge on any atom is -0.469 e. The summed E-state index contributed by atoms with van der Waals surface area (Å²) >= 11 is 1.47. The lowest BCUT2D eigenvalue weighted by molar-refractivity contribution is -0.115. The first-order valence-electron chi connectivity index (χ1n) is 7.07. The van der Waals surface area contributed by atoms with Crippen molar-refractivity contribution < 1.29 is 9.21 Å². The van der Waals surface area contributed by atoms with Crippen LogP contribution in [0.15, 0.2) is 45.9 Å². The molecule has 3 N–H and O–H groups in total. The van der Waals surface area contributed by atoms with E-state index >= 15 is 0 Å². The van der Waals surface area contributed by atoms with Crippen molar-refractivity contribution in [2.24, 2.45) is 5.73 Å². The summed E-state index contributed by atoms with van der Waals surface area (Å²) in [5.74, 6) is 1.07. The van der Waals surface area contributed by atoms with Gasteiger partial charge in [-0.1, -0.05) is 12.1 Å². The number of hydrogen-bond acceptors (Lipinski definition) is 4. The molecule has 0 spiro atoms. The van der Waals surface area contributed by atoms with E-state index in [0.717, 1.165) is 35.6 Å². The number of carbonyl (C=O) groups excluding carboxylic acids is 1. The molecule has 110 valence electrons. The first kappa shape index (κ1) is 14.1. The second-order valence-corrected chi connectivity index (χ2v) is 6.16. The molecule has 0 radical (unpaired) electrons. The van der Waals surface area contributed by atoms with Gasteiger partial charge in [-0.15, -0.1) is 11.8 Å². The van der Waals surface area contributed by atoms with E-state index in [4.69, 9.17) is 10.2 Å². The van der Waals surface area contributed by atoms with Crippen LogP contribution in [0.4, 0.5) is 5.69 Å². The zero-order chi connectivity index (χ0) is 14.7. The molecule has 1 aliphatic rings. The highest BCUT2D eigenvalue weighted by atomic mass is 32.2. The van der Waals surface area contributed by atoms with Gasteiger partial charge >= 0.3 is 0 Å². The summed E-state index contributed by atoms with van der Waals surface area (Å²) < 4.78 is 5.53. The molecule has 0 saturated carbocycles. The lowest BCUT2D eigenvalue weighted by Gasteiger charge is -2.25. The van der Waals surface area contributed by atoms with Gasteiger partial charge in [-0.25, -0.2) is 0 Å². The van der Waals surface area contributed by atoms with E-state index in [0.29, 0.717) is 5.75 Å². The summed E-state index contributed by atoms with van der Waals surface area (Å²) in [7, 11) is 0. The summed E-state index contributed by atoms with van der Waals surface area (Å²) in [5.41, 5.74) is 7.52. The van der Waals surface area contributed by atoms with Crippen molar-refractivity contribution in [2.45, 2.75) is 30.2 Å². The molecule has 0 bridgehead atoms. The van der Waals surface area contributed by atoms with Crippen molar-refractivity contribution in [2.75, 3.05) is 11.1 Å². The number of rotatable bonds is 5. The van der Waals surface area contributed by atoms with Crippen molar-refractivity contribution in [3.8, 4) is 0 Å². The maximum absolute atomic E-state index is 11.0. The maximum atomic E-state index is 11.0. The highest BCUT2D eigenvalue weighted by Gasteiger charge is 2.23. The van der Waals surface area contributed by atoms with E-state index in [2.05, 4.69) is 5.32 Å². The Hall–Kier alpha value is -1.88. The van der Waals surface area contributed by atoms with Gasteiger partial charge in [0.25, 0.3) is 0 Å². The Morgan fingerprint density at radius 2 is 2.24 bits per heavy atom. The number of anilines is 1. The number of fused-ring (bicyclic) bond motifs is 1. The lowest BCUT2D eigenvalue weighted by atomic mass is 9.93. The number of hydrogen-bond donors (Lipinski definition) is 2. The molecule has 1 amide bonds. The van der Waals surface area contributed by atoms with Crippen molar-refractivity contribution >= 4 is 23.4 Å². The van der Waals surface area contributed by atoms with Crippen LogP contribution in [0.2, 0.25) is 0 Å². The summed E-state index contributed by atoms with van der Waals surface area (Å²) in [6.07, 6.45) is 4.98. The Kier molecular flexibility index (Phi) is 4.20. The Balaban J connectivity index is 1.78. The maximum Gasteiger partial charge on any atom is 0.227 e. The number of nitrogens with two attached hydrogens (primary N) is 1. The zero-order valence-corrected chi connectivity index (χ0v) is 12.5. The number of furan rings is 1. The van der Waals surface area contributed by atoms with Crippen LogP contribution in [0.5, 0.6) is 0 Å². The van der Waals surface area contributed by atoms with Crippen LogP contribution >= 0.6 is 11.8 Å². The minimum atomic E-state index is -0.301. The second-order valence-electron chi connectivity index (χ2n) is 5.14. The highest BCUT2D eigenvalue weighted by molar-refractivity contribution is 8.00. The molecule has 0 aliphatic heterocycles. The molecule has 0 fully saturated rings. The van der Waals surface area contributed by atoms with Crippen LogP contribution in [-0.2, 0) is 11.2 Å². The third-order valence-corrected chi connectivity index (χ3v) is 4.73. The van der Waals surface area contributed by atoms with E-state index in [1.807, 2.05) is 30.3 Å². The summed E-state index contributed by atoms with van der Waals surface area (Å²) in [6, 6.07) is 10.3. The summed E-state index contributed by atoms with van der Waals surface area (Å²) in [4.78, 5) is 12.0. The van der Waals surface area contributed by atoms with E-state index in [1.54, 1.807) is 6.26 Å². The van der Waals surface area contributed by atoms with Crippen LogP contribution in [-0.4, -0.2) is 11.7 Å². The van der Waals surface area contributed by atoms with Gasteiger partial charge in [0.15, 0.2) is 0 Å². The standard InChI is InChI=1S/C16H18N2O2S/c17-16(19)10-21-15-7-2-1-4-13(15)18-12-5-3-6-14-11(12)8-9-20-14/h1-2,4,7-9,12,18H,3,5-6,10H2,(H2,17,19). The highest BCUT2D eigenvalue weighted by Crippen LogP contribution is 2.36. The minimum absolute atomic E-state index is 0.267. The summed E-state index contributed by atoms with van der Waals surface area (Å²) in [5, 5.41) is 3.58. The second kappa shape index (κ2) is 6.26. The molecular formula is C16H18N2O2S. The zero-order valence-electron chi connectivity index (χ0n) is 11.7. The Bertz CT molecular complexity index is 639. The van der Waals surface area contributed by atoms with E-state index in [-0.39, 0.29) is 11.9 Å². The third-order valence-electron chi connectivity index (χ3n) is 3.64. The van der Waals surface area contributed by atoms with E-state index in [1.165, 1.54) is 17.3 Å². The van der Waals surface area contributed by atoms with Gasteiger partial charge in [0.05, 0.1) is 18.1 Å². The number of aryl methyl sites for hydroxylation is 1. The predicted octanol–water partition coefficient (Wildman–Crippen LogP) is 3.35. The summed E-state index contributed by atoms with van der Waals surface area (Å²) in [6.45, 7) is 0. The molecule has 1 heterocycles. The molecule has 5 heteroatoms. The van der Waals surface area contributed by atoms with Crippen LogP contribution in [0.1, 0.15) is 30.2 Å². The molecule has 1 unspecified atom stereocenters. The number of amides is 1. The van der Waals surface area contributed by atoms with Crippen LogP contribution in [0, 0.1) is 0 Å². The molecule has 1 aliphatic carbocycles. The fourth-order valence-electron chi connectivity index (χ4n) is 2.68. The molecular weight excluding hydrogens is 284 g/mol. The van der Waals surface area contributed by atoms with Gasteiger partial charge in [-0.05, 0) is 31.0 Å². The van der Waals surface area contributed by atoms with Gasteiger partial charge < -0.3 is 15.5 Å². The fourth-order valence-corrected chi connectivity index (χ4v) is 3.44.